The van der Waals surface area contributed by atoms with Gasteiger partial charge in [0.15, 0.2) is 0 Å². The summed E-state index contributed by atoms with van der Waals surface area (Å²) in [5, 5.41) is 11.3. The van der Waals surface area contributed by atoms with Crippen LogP contribution in [0.25, 0.3) is 0 Å². The van der Waals surface area contributed by atoms with Crippen LogP contribution in [0.2, 0.25) is 0 Å². The second kappa shape index (κ2) is 7.35. The minimum absolute atomic E-state index is 0.235. The number of carboxylic acid groups (broad SMARTS) is 1. The number of benzene rings is 1. The lowest BCUT2D eigenvalue weighted by atomic mass is 10.2. The van der Waals surface area contributed by atoms with E-state index in [9.17, 15) is 14.0 Å². The quantitative estimate of drug-likeness (QED) is 0.827. The molecule has 0 aliphatic heterocycles. The van der Waals surface area contributed by atoms with Gasteiger partial charge in [-0.25, -0.2) is 9.18 Å². The van der Waals surface area contributed by atoms with E-state index in [1.165, 1.54) is 17.0 Å². The molecule has 0 heterocycles. The zero-order valence-corrected chi connectivity index (χ0v) is 10.7. The number of aliphatic carboxylic acids is 1. The molecule has 19 heavy (non-hydrogen) atoms. The van der Waals surface area contributed by atoms with E-state index in [0.717, 1.165) is 5.56 Å². The second-order valence-electron chi connectivity index (χ2n) is 4.10. The van der Waals surface area contributed by atoms with Gasteiger partial charge in [0.25, 0.3) is 0 Å². The third-order valence-corrected chi connectivity index (χ3v) is 2.46. The van der Waals surface area contributed by atoms with Crippen molar-refractivity contribution >= 4 is 12.0 Å². The van der Waals surface area contributed by atoms with Crippen LogP contribution < -0.4 is 5.32 Å². The zero-order chi connectivity index (χ0) is 14.3. The van der Waals surface area contributed by atoms with Crippen LogP contribution in [-0.2, 0) is 11.3 Å². The topological polar surface area (TPSA) is 69.6 Å². The van der Waals surface area contributed by atoms with E-state index in [2.05, 4.69) is 5.32 Å². The molecule has 1 aromatic rings. The Morgan fingerprint density at radius 1 is 1.32 bits per heavy atom. The van der Waals surface area contributed by atoms with Crippen LogP contribution in [0.4, 0.5) is 9.18 Å². The maximum Gasteiger partial charge on any atom is 0.323 e. The normalized spacial score (nSPS) is 10.0. The summed E-state index contributed by atoms with van der Waals surface area (Å²) in [4.78, 5) is 23.7. The monoisotopic (exact) mass is 268 g/mol. The SMILES string of the molecule is CCCN(CC(=O)O)C(=O)NCc1ccc(F)cc1. The largest absolute Gasteiger partial charge is 0.480 e. The van der Waals surface area contributed by atoms with E-state index < -0.39 is 12.0 Å². The fourth-order valence-corrected chi connectivity index (χ4v) is 1.58. The van der Waals surface area contributed by atoms with Gasteiger partial charge in [-0.3, -0.25) is 4.79 Å². The minimum atomic E-state index is -1.05. The first-order valence-electron chi connectivity index (χ1n) is 6.02. The minimum Gasteiger partial charge on any atom is -0.480 e. The molecule has 0 unspecified atom stereocenters. The number of hydrogen-bond donors (Lipinski definition) is 2. The molecule has 0 fully saturated rings. The maximum absolute atomic E-state index is 12.7. The first-order chi connectivity index (χ1) is 9.02. The molecular formula is C13H17FN2O3. The lowest BCUT2D eigenvalue weighted by Gasteiger charge is -2.20. The van der Waals surface area contributed by atoms with Crippen molar-refractivity contribution in [3.05, 3.63) is 35.6 Å². The lowest BCUT2D eigenvalue weighted by molar-refractivity contribution is -0.137. The summed E-state index contributed by atoms with van der Waals surface area (Å²) >= 11 is 0. The molecule has 0 aliphatic carbocycles. The van der Waals surface area contributed by atoms with Gasteiger partial charge < -0.3 is 15.3 Å². The standard InChI is InChI=1S/C13H17FN2O3/c1-2-7-16(9-12(17)18)13(19)15-8-10-3-5-11(14)6-4-10/h3-6H,2,7-9H2,1H3,(H,15,19)(H,17,18). The first-order valence-corrected chi connectivity index (χ1v) is 6.02. The molecule has 0 aromatic heterocycles. The number of halogens is 1. The van der Waals surface area contributed by atoms with Crippen molar-refractivity contribution in [2.75, 3.05) is 13.1 Å². The van der Waals surface area contributed by atoms with Gasteiger partial charge in [0.1, 0.15) is 12.4 Å². The molecule has 2 N–H and O–H groups in total. The summed E-state index contributed by atoms with van der Waals surface area (Å²) in [5.41, 5.74) is 0.751. The summed E-state index contributed by atoms with van der Waals surface area (Å²) in [6, 6.07) is 5.31. The van der Waals surface area contributed by atoms with Crippen molar-refractivity contribution in [1.29, 1.82) is 0 Å². The Kier molecular flexibility index (Phi) is 5.78. The van der Waals surface area contributed by atoms with Crippen molar-refractivity contribution in [3.8, 4) is 0 Å². The molecule has 1 rings (SSSR count). The van der Waals surface area contributed by atoms with Crippen LogP contribution in [0.1, 0.15) is 18.9 Å². The van der Waals surface area contributed by atoms with Gasteiger partial charge in [0.05, 0.1) is 0 Å². The van der Waals surface area contributed by atoms with Crippen LogP contribution in [-0.4, -0.2) is 35.1 Å². The number of carbonyl (C=O) groups excluding carboxylic acids is 1. The van der Waals surface area contributed by atoms with E-state index in [1.807, 2.05) is 6.92 Å². The average molecular weight is 268 g/mol. The highest BCUT2D eigenvalue weighted by Gasteiger charge is 2.15. The predicted octanol–water partition coefficient (Wildman–Crippen LogP) is 1.83. The van der Waals surface area contributed by atoms with Gasteiger partial charge in [-0.05, 0) is 24.1 Å². The van der Waals surface area contributed by atoms with E-state index in [-0.39, 0.29) is 18.9 Å². The molecule has 0 saturated heterocycles. The van der Waals surface area contributed by atoms with E-state index in [1.54, 1.807) is 12.1 Å². The van der Waals surface area contributed by atoms with Crippen molar-refractivity contribution in [1.82, 2.24) is 10.2 Å². The molecule has 0 bridgehead atoms. The van der Waals surface area contributed by atoms with Gasteiger partial charge >= 0.3 is 12.0 Å². The van der Waals surface area contributed by atoms with E-state index in [4.69, 9.17) is 5.11 Å². The first kappa shape index (κ1) is 14.9. The summed E-state index contributed by atoms with van der Waals surface area (Å²) in [7, 11) is 0. The third-order valence-electron chi connectivity index (χ3n) is 2.46. The van der Waals surface area contributed by atoms with Crippen LogP contribution in [0, 0.1) is 5.82 Å². The molecule has 6 heteroatoms. The molecule has 0 aliphatic rings. The number of amides is 2. The summed E-state index contributed by atoms with van der Waals surface area (Å²) in [5.74, 6) is -1.39. The lowest BCUT2D eigenvalue weighted by Crippen LogP contribution is -2.42. The van der Waals surface area contributed by atoms with Crippen molar-refractivity contribution in [3.63, 3.8) is 0 Å². The van der Waals surface area contributed by atoms with Gasteiger partial charge in [0, 0.05) is 13.1 Å². The number of nitrogens with one attached hydrogen (secondary N) is 1. The molecule has 0 atom stereocenters. The van der Waals surface area contributed by atoms with Crippen LogP contribution in [0.5, 0.6) is 0 Å². The van der Waals surface area contributed by atoms with Gasteiger partial charge in [0.2, 0.25) is 0 Å². The number of carboxylic acids is 1. The van der Waals surface area contributed by atoms with E-state index >= 15 is 0 Å². The highest BCUT2D eigenvalue weighted by atomic mass is 19.1. The Morgan fingerprint density at radius 2 is 1.95 bits per heavy atom. The summed E-state index contributed by atoms with van der Waals surface area (Å²) < 4.78 is 12.7. The number of hydrogen-bond acceptors (Lipinski definition) is 2. The average Bonchev–Trinajstić information content (AvgIpc) is 2.37. The number of rotatable bonds is 6. The number of carbonyl (C=O) groups is 2. The highest BCUT2D eigenvalue weighted by molar-refractivity contribution is 5.80. The van der Waals surface area contributed by atoms with Crippen molar-refractivity contribution < 1.29 is 19.1 Å². The fourth-order valence-electron chi connectivity index (χ4n) is 1.58. The Labute approximate surface area is 111 Å². The Bertz CT molecular complexity index is 434. The summed E-state index contributed by atoms with van der Waals surface area (Å²) in [6.45, 7) is 2.14. The van der Waals surface area contributed by atoms with Gasteiger partial charge in [-0.1, -0.05) is 19.1 Å². The Morgan fingerprint density at radius 3 is 2.47 bits per heavy atom. The van der Waals surface area contributed by atoms with Crippen LogP contribution >= 0.6 is 0 Å². The Balaban J connectivity index is 2.51. The van der Waals surface area contributed by atoms with Gasteiger partial charge in [-0.2, -0.15) is 0 Å². The molecule has 2 amide bonds. The molecule has 0 radical (unpaired) electrons. The zero-order valence-electron chi connectivity index (χ0n) is 10.7. The maximum atomic E-state index is 12.7. The number of urea groups is 1. The van der Waals surface area contributed by atoms with Crippen molar-refractivity contribution in [2.24, 2.45) is 0 Å². The molecule has 0 saturated carbocycles. The molecule has 5 nitrogen and oxygen atoms in total. The van der Waals surface area contributed by atoms with E-state index in [0.29, 0.717) is 13.0 Å². The van der Waals surface area contributed by atoms with Gasteiger partial charge in [-0.15, -0.1) is 0 Å². The summed E-state index contributed by atoms with van der Waals surface area (Å²) in [6.07, 6.45) is 0.678. The third kappa shape index (κ3) is 5.37. The molecule has 104 valence electrons. The number of nitrogens with zero attached hydrogens (tertiary/aromatic N) is 1. The fraction of sp³-hybridized carbons (Fsp3) is 0.385. The highest BCUT2D eigenvalue weighted by Crippen LogP contribution is 2.02. The second-order valence-corrected chi connectivity index (χ2v) is 4.10. The van der Waals surface area contributed by atoms with Crippen LogP contribution in [0.3, 0.4) is 0 Å². The smallest absolute Gasteiger partial charge is 0.323 e. The molecule has 0 spiro atoms. The Hall–Kier alpha value is -2.11. The predicted molar refractivity (Wildman–Crippen MR) is 68.1 cm³/mol. The van der Waals surface area contributed by atoms with Crippen molar-refractivity contribution in [2.45, 2.75) is 19.9 Å². The molecule has 1 aromatic carbocycles. The van der Waals surface area contributed by atoms with Crippen LogP contribution in [0.15, 0.2) is 24.3 Å². The molecular weight excluding hydrogens is 251 g/mol.